The van der Waals surface area contributed by atoms with Crippen LogP contribution in [0.1, 0.15) is 40.5 Å². The number of aromatic carboxylic acids is 1. The summed E-state index contributed by atoms with van der Waals surface area (Å²) in [6, 6.07) is 2.09. The molecule has 1 aromatic carbocycles. The van der Waals surface area contributed by atoms with Gasteiger partial charge in [0.25, 0.3) is 0 Å². The van der Waals surface area contributed by atoms with Gasteiger partial charge < -0.3 is 20.5 Å². The number of alkyl halides is 3. The number of aromatic nitrogens is 1. The number of carboxylic acid groups (broad SMARTS) is 1. The second-order valence-corrected chi connectivity index (χ2v) is 9.06. The largest absolute Gasteiger partial charge is 0.497 e. The number of methoxy groups -OCH3 is 1. The first-order chi connectivity index (χ1) is 14.6. The number of hydrogen-bond acceptors (Lipinski definition) is 7. The minimum Gasteiger partial charge on any atom is -0.497 e. The Morgan fingerprint density at radius 2 is 2.19 bits per heavy atom. The van der Waals surface area contributed by atoms with Gasteiger partial charge in [-0.2, -0.15) is 13.2 Å². The molecule has 0 saturated carbocycles. The Morgan fingerprint density at radius 3 is 2.81 bits per heavy atom. The second kappa shape index (κ2) is 9.45. The average molecular weight is 476 g/mol. The van der Waals surface area contributed by atoms with Gasteiger partial charge in [0.1, 0.15) is 5.75 Å². The Labute approximate surface area is 184 Å². The Balaban J connectivity index is 1.72. The van der Waals surface area contributed by atoms with Crippen molar-refractivity contribution in [3.05, 3.63) is 40.4 Å². The van der Waals surface area contributed by atoms with E-state index in [0.29, 0.717) is 23.1 Å². The number of likely N-dealkylation sites (tertiary alicyclic amines) is 1. The van der Waals surface area contributed by atoms with Crippen molar-refractivity contribution in [3.63, 3.8) is 0 Å². The molecule has 1 unspecified atom stereocenters. The Morgan fingerprint density at radius 1 is 1.45 bits per heavy atom. The lowest BCUT2D eigenvalue weighted by atomic mass is 9.96. The van der Waals surface area contributed by atoms with Crippen molar-refractivity contribution in [3.8, 4) is 5.75 Å². The molecule has 0 spiro atoms. The molecule has 12 heteroatoms. The maximum absolute atomic E-state index is 13.2. The molecule has 1 aliphatic heterocycles. The molecule has 0 bridgehead atoms. The molecular weight excluding hydrogens is 455 g/mol. The fourth-order valence-corrected chi connectivity index (χ4v) is 5.20. The van der Waals surface area contributed by atoms with Crippen LogP contribution in [-0.2, 0) is 11.0 Å². The van der Waals surface area contributed by atoms with Gasteiger partial charge in [-0.25, -0.2) is 9.78 Å². The third kappa shape index (κ3) is 5.49. The Kier molecular flexibility index (Phi) is 7.12. The number of thioether (sulfide) groups is 1. The molecule has 1 amide bonds. The molecule has 31 heavy (non-hydrogen) atoms. The van der Waals surface area contributed by atoms with Crippen LogP contribution in [0.15, 0.2) is 27.9 Å². The van der Waals surface area contributed by atoms with Crippen molar-refractivity contribution in [1.82, 2.24) is 9.88 Å². The number of halogens is 3. The zero-order chi connectivity index (χ0) is 22.8. The number of carbonyl (C=O) groups is 2. The highest BCUT2D eigenvalue weighted by molar-refractivity contribution is 8.01. The van der Waals surface area contributed by atoms with Gasteiger partial charge in [-0.3, -0.25) is 4.79 Å². The molecule has 3 N–H and O–H groups in total. The Bertz CT molecular complexity index is 967. The van der Waals surface area contributed by atoms with Gasteiger partial charge in [0.15, 0.2) is 10.0 Å². The quantitative estimate of drug-likeness (QED) is 0.562. The third-order valence-electron chi connectivity index (χ3n) is 4.93. The van der Waals surface area contributed by atoms with E-state index in [1.807, 2.05) is 0 Å². The molecular formula is C19H20F3N3O4S2. The lowest BCUT2D eigenvalue weighted by Crippen LogP contribution is -2.41. The monoisotopic (exact) mass is 475 g/mol. The highest BCUT2D eigenvalue weighted by Crippen LogP contribution is 2.36. The number of amides is 1. The highest BCUT2D eigenvalue weighted by atomic mass is 32.2. The first kappa shape index (κ1) is 23.4. The van der Waals surface area contributed by atoms with Crippen LogP contribution >= 0.6 is 23.1 Å². The summed E-state index contributed by atoms with van der Waals surface area (Å²) in [6.07, 6.45) is -3.85. The van der Waals surface area contributed by atoms with Crippen LogP contribution in [-0.4, -0.2) is 52.3 Å². The predicted molar refractivity (Wildman–Crippen MR) is 109 cm³/mol. The first-order valence-electron chi connectivity index (χ1n) is 9.23. The topological polar surface area (TPSA) is 106 Å². The summed E-state index contributed by atoms with van der Waals surface area (Å²) < 4.78 is 45.3. The molecule has 2 atom stereocenters. The number of hydrogen-bond donors (Lipinski definition) is 2. The van der Waals surface area contributed by atoms with E-state index in [1.54, 1.807) is 4.90 Å². The van der Waals surface area contributed by atoms with Gasteiger partial charge in [0, 0.05) is 24.1 Å². The fraction of sp³-hybridized carbons (Fsp3) is 0.421. The number of carboxylic acids is 1. The van der Waals surface area contributed by atoms with E-state index >= 15 is 0 Å². The van der Waals surface area contributed by atoms with Gasteiger partial charge in [0.2, 0.25) is 5.91 Å². The maximum Gasteiger partial charge on any atom is 0.416 e. The minimum absolute atomic E-state index is 0.0388. The second-order valence-electron chi connectivity index (χ2n) is 6.86. The third-order valence-corrected chi connectivity index (χ3v) is 6.93. The smallest absolute Gasteiger partial charge is 0.416 e. The molecule has 0 aliphatic carbocycles. The van der Waals surface area contributed by atoms with Crippen LogP contribution in [0.2, 0.25) is 0 Å². The Hall–Kier alpha value is -2.31. The maximum atomic E-state index is 13.2. The summed E-state index contributed by atoms with van der Waals surface area (Å²) in [5.74, 6) is -0.733. The normalized spacial score (nSPS) is 17.8. The standard InChI is InChI=1S/C19H20F3N3O4S2/c1-29-12-7-10(6-11(8-12)19(20,21)22)16(23)14-2-3-15(26)25(14)4-5-30-18-24-13(9-31-18)17(27)28/h6-9,14,16H,2-5,23H2,1H3,(H,27,28)/t14-,16?/m1/s1. The SMILES string of the molecule is COc1cc(C(N)[C@H]2CCC(=O)N2CCSc2nc(C(=O)O)cs2)cc(C(F)(F)F)c1. The number of nitrogens with zero attached hydrogens (tertiary/aromatic N) is 2. The van der Waals surface area contributed by atoms with E-state index < -0.39 is 29.8 Å². The number of thiazole rings is 1. The molecule has 1 saturated heterocycles. The first-order valence-corrected chi connectivity index (χ1v) is 11.1. The van der Waals surface area contributed by atoms with E-state index in [0.717, 1.165) is 12.1 Å². The number of nitrogens with two attached hydrogens (primary N) is 1. The summed E-state index contributed by atoms with van der Waals surface area (Å²) in [5, 5.41) is 10.4. The van der Waals surface area contributed by atoms with Crippen molar-refractivity contribution < 1.29 is 32.6 Å². The zero-order valence-corrected chi connectivity index (χ0v) is 18.0. The molecule has 2 heterocycles. The predicted octanol–water partition coefficient (Wildman–Crippen LogP) is 3.65. The summed E-state index contributed by atoms with van der Waals surface area (Å²) in [4.78, 5) is 28.8. The summed E-state index contributed by atoms with van der Waals surface area (Å²) in [6.45, 7) is 0.319. The molecule has 1 fully saturated rings. The molecule has 3 rings (SSSR count). The number of ether oxygens (including phenoxy) is 1. The van der Waals surface area contributed by atoms with Crippen LogP contribution in [0.4, 0.5) is 13.2 Å². The van der Waals surface area contributed by atoms with Crippen LogP contribution in [0.5, 0.6) is 5.75 Å². The van der Waals surface area contributed by atoms with Crippen molar-refractivity contribution in [2.45, 2.75) is 35.4 Å². The van der Waals surface area contributed by atoms with E-state index in [9.17, 15) is 22.8 Å². The fourth-order valence-electron chi connectivity index (χ4n) is 3.39. The zero-order valence-electron chi connectivity index (χ0n) is 16.4. The van der Waals surface area contributed by atoms with Gasteiger partial charge in [0.05, 0.1) is 24.8 Å². The molecule has 7 nitrogen and oxygen atoms in total. The summed E-state index contributed by atoms with van der Waals surface area (Å²) in [5.41, 5.74) is 5.66. The van der Waals surface area contributed by atoms with E-state index in [1.165, 1.54) is 41.7 Å². The van der Waals surface area contributed by atoms with Crippen LogP contribution < -0.4 is 10.5 Å². The van der Waals surface area contributed by atoms with E-state index in [-0.39, 0.29) is 29.3 Å². The van der Waals surface area contributed by atoms with Crippen LogP contribution in [0, 0.1) is 0 Å². The lowest BCUT2D eigenvalue weighted by Gasteiger charge is -2.30. The lowest BCUT2D eigenvalue weighted by molar-refractivity contribution is -0.137. The number of carbonyl (C=O) groups excluding carboxylic acids is 1. The van der Waals surface area contributed by atoms with E-state index in [4.69, 9.17) is 15.6 Å². The number of benzene rings is 1. The van der Waals surface area contributed by atoms with Gasteiger partial charge in [-0.05, 0) is 30.2 Å². The van der Waals surface area contributed by atoms with Crippen molar-refractivity contribution in [1.29, 1.82) is 0 Å². The highest BCUT2D eigenvalue weighted by Gasteiger charge is 2.37. The van der Waals surface area contributed by atoms with Gasteiger partial charge in [-0.15, -0.1) is 11.3 Å². The van der Waals surface area contributed by atoms with Crippen molar-refractivity contribution in [2.24, 2.45) is 5.73 Å². The number of rotatable bonds is 8. The van der Waals surface area contributed by atoms with Crippen LogP contribution in [0.25, 0.3) is 0 Å². The molecule has 1 aromatic heterocycles. The van der Waals surface area contributed by atoms with Crippen molar-refractivity contribution >= 4 is 35.0 Å². The van der Waals surface area contributed by atoms with Gasteiger partial charge >= 0.3 is 12.1 Å². The molecule has 1 aliphatic rings. The van der Waals surface area contributed by atoms with Crippen molar-refractivity contribution in [2.75, 3.05) is 19.4 Å². The average Bonchev–Trinajstić information content (AvgIpc) is 3.34. The molecule has 0 radical (unpaired) electrons. The summed E-state index contributed by atoms with van der Waals surface area (Å²) >= 11 is 2.51. The van der Waals surface area contributed by atoms with Gasteiger partial charge in [-0.1, -0.05) is 11.8 Å². The molecule has 168 valence electrons. The van der Waals surface area contributed by atoms with Crippen LogP contribution in [0.3, 0.4) is 0 Å². The molecule has 2 aromatic rings. The minimum atomic E-state index is -4.55. The summed E-state index contributed by atoms with van der Waals surface area (Å²) in [7, 11) is 1.28. The van der Waals surface area contributed by atoms with E-state index in [2.05, 4.69) is 4.98 Å².